The Morgan fingerprint density at radius 1 is 0.357 bits per heavy atom. The molecule has 0 saturated carbocycles. The van der Waals surface area contributed by atoms with E-state index in [9.17, 15) is 0 Å². The van der Waals surface area contributed by atoms with E-state index in [1.807, 2.05) is 0 Å². The molecule has 3 aromatic rings. The van der Waals surface area contributed by atoms with Gasteiger partial charge in [0, 0.05) is 0 Å². The van der Waals surface area contributed by atoms with Gasteiger partial charge in [0.1, 0.15) is 0 Å². The average Bonchev–Trinajstić information content (AvgIpc) is 2.51. The van der Waals surface area contributed by atoms with Crippen molar-refractivity contribution >= 4 is 31.4 Å². The summed E-state index contributed by atoms with van der Waals surface area (Å²) in [6.45, 7) is 20.6. The molecule has 0 aromatic heterocycles. The summed E-state index contributed by atoms with van der Waals surface area (Å²) in [5.41, 5.74) is 13.0. The molecule has 0 fully saturated rings. The van der Waals surface area contributed by atoms with Crippen LogP contribution in [0, 0.1) is 62.3 Å². The Bertz CT molecular complexity index is 850. The summed E-state index contributed by atoms with van der Waals surface area (Å²) < 4.78 is 5.03. The second kappa shape index (κ2) is 8.11. The van der Waals surface area contributed by atoms with Crippen LogP contribution in [0.25, 0.3) is 0 Å². The zero-order chi connectivity index (χ0) is 20.7. The van der Waals surface area contributed by atoms with Crippen molar-refractivity contribution < 1.29 is 0 Å². The van der Waals surface area contributed by atoms with E-state index in [0.29, 0.717) is 0 Å². The molecule has 3 aromatic carbocycles. The number of benzene rings is 3. The molecule has 0 amide bonds. The summed E-state index contributed by atoms with van der Waals surface area (Å²) >= 11 is -2.57. The van der Waals surface area contributed by atoms with Gasteiger partial charge < -0.3 is 0 Å². The standard InChI is InChI=1S/3C9H11.In/c3*1-7-4-8(2)6-9(3)5-7;/h3*4-5H,1-3H3;. The molecule has 0 aliphatic rings. The van der Waals surface area contributed by atoms with Crippen molar-refractivity contribution in [2.75, 3.05) is 0 Å². The third-order valence-electron chi connectivity index (χ3n) is 6.08. The monoisotopic (exact) mass is 472 g/mol. The van der Waals surface area contributed by atoms with Crippen LogP contribution in [0.15, 0.2) is 36.4 Å². The van der Waals surface area contributed by atoms with Gasteiger partial charge in [-0.25, -0.2) is 0 Å². The molecule has 0 saturated heterocycles. The minimum absolute atomic E-state index is 1.37. The summed E-state index contributed by atoms with van der Waals surface area (Å²) in [6.07, 6.45) is 0. The van der Waals surface area contributed by atoms with Gasteiger partial charge in [0.15, 0.2) is 0 Å². The van der Waals surface area contributed by atoms with Crippen molar-refractivity contribution in [1.29, 1.82) is 0 Å². The molecule has 0 aliphatic heterocycles. The van der Waals surface area contributed by atoms with Crippen LogP contribution in [0.5, 0.6) is 0 Å². The zero-order valence-corrected chi connectivity index (χ0v) is 22.3. The van der Waals surface area contributed by atoms with E-state index < -0.39 is 21.4 Å². The summed E-state index contributed by atoms with van der Waals surface area (Å²) in [5.74, 6) is 0. The average molecular weight is 472 g/mol. The van der Waals surface area contributed by atoms with Crippen LogP contribution < -0.4 is 9.96 Å². The first-order valence-corrected chi connectivity index (χ1v) is 15.3. The fourth-order valence-electron chi connectivity index (χ4n) is 5.37. The number of hydrogen-bond acceptors (Lipinski definition) is 0. The molecular weight excluding hydrogens is 439 g/mol. The fourth-order valence-corrected chi connectivity index (χ4v) is 17.1. The predicted molar refractivity (Wildman–Crippen MR) is 127 cm³/mol. The van der Waals surface area contributed by atoms with Crippen molar-refractivity contribution in [2.24, 2.45) is 0 Å². The van der Waals surface area contributed by atoms with E-state index in [4.69, 9.17) is 0 Å². The molecule has 144 valence electrons. The Labute approximate surface area is 179 Å². The maximum atomic E-state index is 2.39. The van der Waals surface area contributed by atoms with Gasteiger partial charge in [0.05, 0.1) is 0 Å². The predicted octanol–water partition coefficient (Wildman–Crippen LogP) is 4.98. The SMILES string of the molecule is Cc1cc(C)[c]([In]([c]2c(C)cc(C)cc2C)[c]2c(C)cc(C)cc2C)c(C)c1. The van der Waals surface area contributed by atoms with Gasteiger partial charge in [-0.1, -0.05) is 0 Å². The molecule has 0 atom stereocenters. The Morgan fingerprint density at radius 3 is 0.714 bits per heavy atom. The van der Waals surface area contributed by atoms with Gasteiger partial charge >= 0.3 is 180 Å². The molecule has 0 radical (unpaired) electrons. The first kappa shape index (κ1) is 21.2. The maximum absolute atomic E-state index is 2.57. The molecule has 28 heavy (non-hydrogen) atoms. The molecule has 3 rings (SSSR count). The van der Waals surface area contributed by atoms with Gasteiger partial charge in [-0.15, -0.1) is 0 Å². The summed E-state index contributed by atoms with van der Waals surface area (Å²) in [7, 11) is 0. The zero-order valence-electron chi connectivity index (χ0n) is 19.0. The molecule has 0 spiro atoms. The second-order valence-corrected chi connectivity index (χ2v) is 16.3. The van der Waals surface area contributed by atoms with Crippen LogP contribution in [0.3, 0.4) is 0 Å². The van der Waals surface area contributed by atoms with E-state index in [0.717, 1.165) is 0 Å². The number of rotatable bonds is 3. The Morgan fingerprint density at radius 2 is 0.536 bits per heavy atom. The van der Waals surface area contributed by atoms with E-state index in [-0.39, 0.29) is 0 Å². The summed E-state index contributed by atoms with van der Waals surface area (Å²) in [4.78, 5) is 0. The van der Waals surface area contributed by atoms with Crippen molar-refractivity contribution in [3.8, 4) is 0 Å². The first-order valence-electron chi connectivity index (χ1n) is 10.3. The molecular formula is C27H33In. The molecule has 0 nitrogen and oxygen atoms in total. The molecule has 0 heterocycles. The van der Waals surface area contributed by atoms with E-state index in [1.54, 1.807) is 9.96 Å². The van der Waals surface area contributed by atoms with Crippen LogP contribution in [-0.2, 0) is 0 Å². The van der Waals surface area contributed by atoms with Crippen LogP contribution in [0.1, 0.15) is 50.1 Å². The van der Waals surface area contributed by atoms with Crippen molar-refractivity contribution in [2.45, 2.75) is 62.3 Å². The molecule has 0 unspecified atom stereocenters. The Kier molecular flexibility index (Phi) is 6.15. The van der Waals surface area contributed by atoms with Gasteiger partial charge in [0.2, 0.25) is 0 Å². The molecule has 0 bridgehead atoms. The fraction of sp³-hybridized carbons (Fsp3) is 0.333. The van der Waals surface area contributed by atoms with Crippen LogP contribution in [-0.4, -0.2) is 21.4 Å². The van der Waals surface area contributed by atoms with E-state index >= 15 is 0 Å². The van der Waals surface area contributed by atoms with Gasteiger partial charge in [-0.3, -0.25) is 0 Å². The van der Waals surface area contributed by atoms with Crippen LogP contribution in [0.4, 0.5) is 0 Å². The molecule has 0 aliphatic carbocycles. The second-order valence-electron chi connectivity index (χ2n) is 8.87. The van der Waals surface area contributed by atoms with Crippen molar-refractivity contribution in [3.05, 3.63) is 86.5 Å². The third kappa shape index (κ3) is 3.96. The van der Waals surface area contributed by atoms with E-state index in [2.05, 4.69) is 98.7 Å². The van der Waals surface area contributed by atoms with Crippen LogP contribution in [0.2, 0.25) is 0 Å². The van der Waals surface area contributed by atoms with Gasteiger partial charge in [-0.2, -0.15) is 0 Å². The summed E-state index contributed by atoms with van der Waals surface area (Å²) in [5, 5.41) is 0. The first-order chi connectivity index (χ1) is 13.1. The minimum atomic E-state index is -2.57. The Balaban J connectivity index is 2.45. The topological polar surface area (TPSA) is 0 Å². The normalized spacial score (nSPS) is 11.0. The molecule has 1 heteroatoms. The quantitative estimate of drug-likeness (QED) is 0.505. The van der Waals surface area contributed by atoms with Crippen LogP contribution >= 0.6 is 0 Å². The van der Waals surface area contributed by atoms with Crippen molar-refractivity contribution in [1.82, 2.24) is 0 Å². The molecule has 0 N–H and O–H groups in total. The van der Waals surface area contributed by atoms with Gasteiger partial charge in [-0.05, 0) is 0 Å². The number of aryl methyl sites for hydroxylation is 9. The van der Waals surface area contributed by atoms with Crippen molar-refractivity contribution in [3.63, 3.8) is 0 Å². The summed E-state index contributed by atoms with van der Waals surface area (Å²) in [6, 6.07) is 14.4. The Hall–Kier alpha value is -1.47. The number of hydrogen-bond donors (Lipinski definition) is 0. The van der Waals surface area contributed by atoms with E-state index in [1.165, 1.54) is 50.1 Å². The third-order valence-corrected chi connectivity index (χ3v) is 18.8. The van der Waals surface area contributed by atoms with Gasteiger partial charge in [0.25, 0.3) is 0 Å².